The van der Waals surface area contributed by atoms with E-state index in [1.165, 1.54) is 0 Å². The topological polar surface area (TPSA) is 50.4 Å². The molecule has 1 aromatic rings. The van der Waals surface area contributed by atoms with Crippen molar-refractivity contribution in [2.24, 2.45) is 0 Å². The number of ether oxygens (including phenoxy) is 1. The van der Waals surface area contributed by atoms with Crippen LogP contribution in [0.2, 0.25) is 0 Å². The summed E-state index contributed by atoms with van der Waals surface area (Å²) in [6.07, 6.45) is 0. The maximum Gasteiger partial charge on any atom is 0.236 e. The van der Waals surface area contributed by atoms with Crippen molar-refractivity contribution in [3.05, 3.63) is 29.8 Å². The summed E-state index contributed by atoms with van der Waals surface area (Å²) in [4.78, 5) is 11.3. The molecule has 4 nitrogen and oxygen atoms in total. The first kappa shape index (κ1) is 13.5. The second-order valence-electron chi connectivity index (χ2n) is 3.79. The smallest absolute Gasteiger partial charge is 0.236 e. The molecular weight excluding hydrogens is 216 g/mol. The van der Waals surface area contributed by atoms with Crippen LogP contribution in [-0.4, -0.2) is 25.6 Å². The molecule has 1 amide bonds. The van der Waals surface area contributed by atoms with Gasteiger partial charge in [0, 0.05) is 13.6 Å². The zero-order valence-corrected chi connectivity index (χ0v) is 10.6. The van der Waals surface area contributed by atoms with Crippen molar-refractivity contribution in [2.75, 3.05) is 13.7 Å². The summed E-state index contributed by atoms with van der Waals surface area (Å²) in [7, 11) is 1.64. The minimum Gasteiger partial charge on any atom is -0.494 e. The predicted molar refractivity (Wildman–Crippen MR) is 68.0 cm³/mol. The normalized spacial score (nSPS) is 11.9. The molecule has 1 aromatic carbocycles. The van der Waals surface area contributed by atoms with Crippen LogP contribution < -0.4 is 15.4 Å². The van der Waals surface area contributed by atoms with Gasteiger partial charge >= 0.3 is 0 Å². The van der Waals surface area contributed by atoms with Crippen molar-refractivity contribution >= 4 is 5.91 Å². The summed E-state index contributed by atoms with van der Waals surface area (Å²) >= 11 is 0. The number of amides is 1. The summed E-state index contributed by atoms with van der Waals surface area (Å²) in [6, 6.07) is 7.67. The Labute approximate surface area is 102 Å². The van der Waals surface area contributed by atoms with E-state index in [9.17, 15) is 4.79 Å². The van der Waals surface area contributed by atoms with Crippen LogP contribution in [0.25, 0.3) is 0 Å². The fourth-order valence-electron chi connectivity index (χ4n) is 1.45. The Hall–Kier alpha value is -1.55. The molecule has 0 aromatic heterocycles. The van der Waals surface area contributed by atoms with Crippen LogP contribution in [0.4, 0.5) is 0 Å². The van der Waals surface area contributed by atoms with Crippen molar-refractivity contribution in [3.8, 4) is 5.75 Å². The minimum atomic E-state index is -0.188. The van der Waals surface area contributed by atoms with Gasteiger partial charge in [0.25, 0.3) is 0 Å². The van der Waals surface area contributed by atoms with E-state index < -0.39 is 0 Å². The quantitative estimate of drug-likeness (QED) is 0.783. The lowest BCUT2D eigenvalue weighted by molar-refractivity contribution is -0.122. The lowest BCUT2D eigenvalue weighted by Gasteiger charge is -2.12. The number of benzene rings is 1. The van der Waals surface area contributed by atoms with Crippen molar-refractivity contribution < 1.29 is 9.53 Å². The molecule has 0 aliphatic rings. The van der Waals surface area contributed by atoms with Crippen LogP contribution in [0.3, 0.4) is 0 Å². The average Bonchev–Trinajstić information content (AvgIpc) is 2.37. The van der Waals surface area contributed by atoms with Crippen LogP contribution in [0.1, 0.15) is 19.4 Å². The van der Waals surface area contributed by atoms with Crippen LogP contribution in [0.15, 0.2) is 24.3 Å². The van der Waals surface area contributed by atoms with E-state index in [2.05, 4.69) is 10.6 Å². The van der Waals surface area contributed by atoms with E-state index in [0.717, 1.165) is 11.3 Å². The molecule has 1 atom stereocenters. The molecule has 0 saturated carbocycles. The van der Waals surface area contributed by atoms with Gasteiger partial charge in [-0.1, -0.05) is 12.1 Å². The van der Waals surface area contributed by atoms with Gasteiger partial charge in [0.1, 0.15) is 5.75 Å². The van der Waals surface area contributed by atoms with E-state index in [1.807, 2.05) is 38.1 Å². The van der Waals surface area contributed by atoms with Crippen LogP contribution in [0.5, 0.6) is 5.75 Å². The Bertz CT molecular complexity index is 349. The number of rotatable bonds is 6. The maximum atomic E-state index is 11.3. The van der Waals surface area contributed by atoms with Gasteiger partial charge in [-0.05, 0) is 31.5 Å². The molecule has 4 heteroatoms. The van der Waals surface area contributed by atoms with E-state index >= 15 is 0 Å². The Balaban J connectivity index is 2.44. The number of carbonyl (C=O) groups excluding carboxylic acids is 1. The van der Waals surface area contributed by atoms with E-state index in [0.29, 0.717) is 13.2 Å². The maximum absolute atomic E-state index is 11.3. The predicted octanol–water partition coefficient (Wildman–Crippen LogP) is 1.31. The highest BCUT2D eigenvalue weighted by Crippen LogP contribution is 2.11. The molecule has 2 N–H and O–H groups in total. The Kier molecular flexibility index (Phi) is 5.49. The van der Waals surface area contributed by atoms with Gasteiger partial charge in [-0.25, -0.2) is 0 Å². The molecule has 94 valence electrons. The molecule has 0 aliphatic heterocycles. The second-order valence-corrected chi connectivity index (χ2v) is 3.79. The highest BCUT2D eigenvalue weighted by Gasteiger charge is 2.09. The Morgan fingerprint density at radius 3 is 2.53 bits per heavy atom. The lowest BCUT2D eigenvalue weighted by Crippen LogP contribution is -2.40. The van der Waals surface area contributed by atoms with Gasteiger partial charge < -0.3 is 15.4 Å². The van der Waals surface area contributed by atoms with Gasteiger partial charge in [0.15, 0.2) is 0 Å². The number of carbonyl (C=O) groups is 1. The van der Waals surface area contributed by atoms with Gasteiger partial charge in [-0.3, -0.25) is 4.79 Å². The SMILES string of the molecule is CCOc1ccc(CNC(C)C(=O)NC)cc1. The zero-order chi connectivity index (χ0) is 12.7. The van der Waals surface area contributed by atoms with Gasteiger partial charge in [-0.15, -0.1) is 0 Å². The fraction of sp³-hybridized carbons (Fsp3) is 0.462. The first-order valence-corrected chi connectivity index (χ1v) is 5.84. The lowest BCUT2D eigenvalue weighted by atomic mass is 10.2. The van der Waals surface area contributed by atoms with Crippen LogP contribution in [-0.2, 0) is 11.3 Å². The molecule has 17 heavy (non-hydrogen) atoms. The first-order chi connectivity index (χ1) is 8.17. The van der Waals surface area contributed by atoms with E-state index in [4.69, 9.17) is 4.74 Å². The number of nitrogens with one attached hydrogen (secondary N) is 2. The zero-order valence-electron chi connectivity index (χ0n) is 10.6. The molecule has 0 heterocycles. The van der Waals surface area contributed by atoms with Crippen molar-refractivity contribution in [3.63, 3.8) is 0 Å². The molecular formula is C13H20N2O2. The molecule has 0 saturated heterocycles. The summed E-state index contributed by atoms with van der Waals surface area (Å²) < 4.78 is 5.36. The van der Waals surface area contributed by atoms with Gasteiger partial charge in [0.05, 0.1) is 12.6 Å². The van der Waals surface area contributed by atoms with E-state index in [1.54, 1.807) is 7.05 Å². The van der Waals surface area contributed by atoms with Crippen LogP contribution >= 0.6 is 0 Å². The number of likely N-dealkylation sites (N-methyl/N-ethyl adjacent to an activating group) is 1. The number of hydrogen-bond acceptors (Lipinski definition) is 3. The second kappa shape index (κ2) is 6.91. The van der Waals surface area contributed by atoms with Gasteiger partial charge in [0.2, 0.25) is 5.91 Å². The highest BCUT2D eigenvalue weighted by atomic mass is 16.5. The number of hydrogen-bond donors (Lipinski definition) is 2. The minimum absolute atomic E-state index is 0.00376. The third-order valence-electron chi connectivity index (χ3n) is 2.49. The summed E-state index contributed by atoms with van der Waals surface area (Å²) in [5.41, 5.74) is 1.13. The van der Waals surface area contributed by atoms with Crippen molar-refractivity contribution in [1.82, 2.24) is 10.6 Å². The average molecular weight is 236 g/mol. The standard InChI is InChI=1S/C13H20N2O2/c1-4-17-12-7-5-11(6-8-12)9-15-10(2)13(16)14-3/h5-8,10,15H,4,9H2,1-3H3,(H,14,16). The first-order valence-electron chi connectivity index (χ1n) is 5.84. The van der Waals surface area contributed by atoms with Crippen molar-refractivity contribution in [1.29, 1.82) is 0 Å². The molecule has 0 fully saturated rings. The summed E-state index contributed by atoms with van der Waals surface area (Å²) in [5.74, 6) is 0.867. The monoisotopic (exact) mass is 236 g/mol. The largest absolute Gasteiger partial charge is 0.494 e. The third-order valence-corrected chi connectivity index (χ3v) is 2.49. The van der Waals surface area contributed by atoms with E-state index in [-0.39, 0.29) is 11.9 Å². The highest BCUT2D eigenvalue weighted by molar-refractivity contribution is 5.80. The Morgan fingerprint density at radius 1 is 1.35 bits per heavy atom. The van der Waals surface area contributed by atoms with Gasteiger partial charge in [-0.2, -0.15) is 0 Å². The molecule has 0 aliphatic carbocycles. The fourth-order valence-corrected chi connectivity index (χ4v) is 1.45. The molecule has 1 unspecified atom stereocenters. The molecule has 0 spiro atoms. The Morgan fingerprint density at radius 2 is 2.00 bits per heavy atom. The summed E-state index contributed by atoms with van der Waals surface area (Å²) in [6.45, 7) is 5.14. The van der Waals surface area contributed by atoms with Crippen molar-refractivity contribution in [2.45, 2.75) is 26.4 Å². The molecule has 0 radical (unpaired) electrons. The molecule has 1 rings (SSSR count). The third kappa shape index (κ3) is 4.44. The molecule has 0 bridgehead atoms. The van der Waals surface area contributed by atoms with Crippen LogP contribution in [0, 0.1) is 0 Å². The summed E-state index contributed by atoms with van der Waals surface area (Å²) in [5, 5.41) is 5.75.